The number of nitrogens with zero attached hydrogens (tertiary/aromatic N) is 3. The van der Waals surface area contributed by atoms with Crippen molar-refractivity contribution in [3.05, 3.63) is 51.3 Å². The van der Waals surface area contributed by atoms with Gasteiger partial charge in [-0.2, -0.15) is 5.10 Å². The van der Waals surface area contributed by atoms with Crippen molar-refractivity contribution < 1.29 is 4.79 Å². The molecular formula is C18H22Cl2N4O. The van der Waals surface area contributed by atoms with Crippen molar-refractivity contribution in [2.45, 2.75) is 25.8 Å². The molecule has 0 saturated carbocycles. The number of rotatable bonds is 5. The molecule has 5 nitrogen and oxygen atoms in total. The van der Waals surface area contributed by atoms with E-state index in [4.69, 9.17) is 28.9 Å². The quantitative estimate of drug-likeness (QED) is 0.865. The number of benzene rings is 1. The molecule has 3 rings (SSSR count). The van der Waals surface area contributed by atoms with E-state index in [1.54, 1.807) is 10.9 Å². The standard InChI is InChI=1S/C18H22Cl2N4O/c1-23-11-14(18(21)25)17(22-23)9-12-4-6-24(7-5-12)10-13-2-3-15(19)16(20)8-13/h2-3,8,11-12H,4-7,9-10H2,1H3,(H2,21,25). The van der Waals surface area contributed by atoms with Crippen LogP contribution in [0.15, 0.2) is 24.4 Å². The Labute approximate surface area is 157 Å². The molecule has 1 aliphatic rings. The summed E-state index contributed by atoms with van der Waals surface area (Å²) < 4.78 is 1.66. The maximum atomic E-state index is 11.5. The first-order valence-corrected chi connectivity index (χ1v) is 9.16. The van der Waals surface area contributed by atoms with Crippen LogP contribution in [0, 0.1) is 5.92 Å². The monoisotopic (exact) mass is 380 g/mol. The Morgan fingerprint density at radius 1 is 1.28 bits per heavy atom. The molecule has 2 aromatic rings. The molecule has 1 fully saturated rings. The number of nitrogens with two attached hydrogens (primary N) is 1. The van der Waals surface area contributed by atoms with Crippen LogP contribution in [0.25, 0.3) is 0 Å². The van der Waals surface area contributed by atoms with Gasteiger partial charge in [-0.3, -0.25) is 14.4 Å². The highest BCUT2D eigenvalue weighted by Crippen LogP contribution is 2.26. The Morgan fingerprint density at radius 2 is 2.00 bits per heavy atom. The summed E-state index contributed by atoms with van der Waals surface area (Å²) in [6, 6.07) is 5.80. The molecular weight excluding hydrogens is 359 g/mol. The van der Waals surface area contributed by atoms with E-state index in [2.05, 4.69) is 10.00 Å². The number of hydrogen-bond donors (Lipinski definition) is 1. The number of carbonyl (C=O) groups is 1. The lowest BCUT2D eigenvalue weighted by atomic mass is 9.91. The van der Waals surface area contributed by atoms with Crippen LogP contribution in [-0.4, -0.2) is 33.7 Å². The number of carbonyl (C=O) groups excluding carboxylic acids is 1. The third kappa shape index (κ3) is 4.54. The minimum Gasteiger partial charge on any atom is -0.365 e. The van der Waals surface area contributed by atoms with E-state index in [1.807, 2.05) is 25.2 Å². The van der Waals surface area contributed by atoms with Crippen LogP contribution in [0.4, 0.5) is 0 Å². The summed E-state index contributed by atoms with van der Waals surface area (Å²) in [5, 5.41) is 5.59. The second-order valence-corrected chi connectivity index (χ2v) is 7.51. The van der Waals surface area contributed by atoms with Gasteiger partial charge in [0.1, 0.15) is 0 Å². The number of halogens is 2. The minimum atomic E-state index is -0.403. The third-order valence-corrected chi connectivity index (χ3v) is 5.49. The highest BCUT2D eigenvalue weighted by atomic mass is 35.5. The maximum Gasteiger partial charge on any atom is 0.252 e. The maximum absolute atomic E-state index is 11.5. The zero-order valence-corrected chi connectivity index (χ0v) is 15.7. The SMILES string of the molecule is Cn1cc(C(N)=O)c(CC2CCN(Cc3ccc(Cl)c(Cl)c3)CC2)n1. The first-order valence-electron chi connectivity index (χ1n) is 8.41. The second kappa shape index (κ2) is 7.77. The summed E-state index contributed by atoms with van der Waals surface area (Å²) in [6.45, 7) is 2.91. The van der Waals surface area contributed by atoms with E-state index in [9.17, 15) is 4.79 Å². The minimum absolute atomic E-state index is 0.403. The fourth-order valence-electron chi connectivity index (χ4n) is 3.41. The average molecular weight is 381 g/mol. The summed E-state index contributed by atoms with van der Waals surface area (Å²) in [6.07, 6.45) is 4.67. The number of amides is 1. The highest BCUT2D eigenvalue weighted by Gasteiger charge is 2.23. The number of aryl methyl sites for hydroxylation is 1. The van der Waals surface area contributed by atoms with Crippen molar-refractivity contribution in [2.24, 2.45) is 18.7 Å². The molecule has 1 aliphatic heterocycles. The normalized spacial score (nSPS) is 16.3. The van der Waals surface area contributed by atoms with Gasteiger partial charge in [0.25, 0.3) is 5.91 Å². The lowest BCUT2D eigenvalue weighted by Crippen LogP contribution is -2.34. The number of hydrogen-bond acceptors (Lipinski definition) is 3. The van der Waals surface area contributed by atoms with Crippen LogP contribution in [0.5, 0.6) is 0 Å². The first kappa shape index (κ1) is 18.2. The van der Waals surface area contributed by atoms with Crippen LogP contribution in [0.3, 0.4) is 0 Å². The van der Waals surface area contributed by atoms with Gasteiger partial charge in [0, 0.05) is 19.8 Å². The zero-order chi connectivity index (χ0) is 18.0. The molecule has 1 saturated heterocycles. The van der Waals surface area contributed by atoms with E-state index in [1.165, 1.54) is 5.56 Å². The topological polar surface area (TPSA) is 64.2 Å². The van der Waals surface area contributed by atoms with Gasteiger partial charge in [0.15, 0.2) is 0 Å². The first-order chi connectivity index (χ1) is 11.9. The van der Waals surface area contributed by atoms with Gasteiger partial charge < -0.3 is 5.73 Å². The van der Waals surface area contributed by atoms with Crippen molar-refractivity contribution in [3.8, 4) is 0 Å². The van der Waals surface area contributed by atoms with Crippen molar-refractivity contribution in [2.75, 3.05) is 13.1 Å². The predicted molar refractivity (Wildman–Crippen MR) is 99.9 cm³/mol. The lowest BCUT2D eigenvalue weighted by Gasteiger charge is -2.31. The lowest BCUT2D eigenvalue weighted by molar-refractivity contribution is 0.0998. The predicted octanol–water partition coefficient (Wildman–Crippen LogP) is 3.28. The van der Waals surface area contributed by atoms with E-state index in [0.29, 0.717) is 21.5 Å². The number of likely N-dealkylation sites (tertiary alicyclic amines) is 1. The van der Waals surface area contributed by atoms with Crippen molar-refractivity contribution in [1.29, 1.82) is 0 Å². The highest BCUT2D eigenvalue weighted by molar-refractivity contribution is 6.42. The summed E-state index contributed by atoms with van der Waals surface area (Å²) in [4.78, 5) is 13.9. The zero-order valence-electron chi connectivity index (χ0n) is 14.2. The van der Waals surface area contributed by atoms with Gasteiger partial charge in [0.05, 0.1) is 21.3 Å². The van der Waals surface area contributed by atoms with Crippen LogP contribution < -0.4 is 5.73 Å². The fraction of sp³-hybridized carbons (Fsp3) is 0.444. The molecule has 134 valence electrons. The van der Waals surface area contributed by atoms with Gasteiger partial charge in [-0.1, -0.05) is 29.3 Å². The molecule has 0 radical (unpaired) electrons. The van der Waals surface area contributed by atoms with Crippen LogP contribution in [-0.2, 0) is 20.0 Å². The molecule has 1 aromatic carbocycles. The van der Waals surface area contributed by atoms with Gasteiger partial charge in [-0.15, -0.1) is 0 Å². The average Bonchev–Trinajstić information content (AvgIpc) is 2.93. The molecule has 7 heteroatoms. The van der Waals surface area contributed by atoms with Crippen molar-refractivity contribution in [1.82, 2.24) is 14.7 Å². The van der Waals surface area contributed by atoms with E-state index in [-0.39, 0.29) is 0 Å². The molecule has 0 spiro atoms. The van der Waals surface area contributed by atoms with Crippen LogP contribution in [0.1, 0.15) is 34.5 Å². The van der Waals surface area contributed by atoms with E-state index >= 15 is 0 Å². The Hall–Kier alpha value is -1.56. The number of primary amides is 1. The molecule has 0 unspecified atom stereocenters. The van der Waals surface area contributed by atoms with Gasteiger partial charge in [-0.05, 0) is 56.0 Å². The molecule has 0 bridgehead atoms. The summed E-state index contributed by atoms with van der Waals surface area (Å²) in [7, 11) is 1.82. The van der Waals surface area contributed by atoms with Gasteiger partial charge in [-0.25, -0.2) is 0 Å². The number of aromatic nitrogens is 2. The Bertz CT molecular complexity index is 766. The smallest absolute Gasteiger partial charge is 0.252 e. The van der Waals surface area contributed by atoms with Crippen LogP contribution in [0.2, 0.25) is 10.0 Å². The molecule has 2 heterocycles. The molecule has 1 amide bonds. The third-order valence-electron chi connectivity index (χ3n) is 4.75. The van der Waals surface area contributed by atoms with Gasteiger partial charge >= 0.3 is 0 Å². The van der Waals surface area contributed by atoms with Crippen molar-refractivity contribution in [3.63, 3.8) is 0 Å². The Kier molecular flexibility index (Phi) is 5.67. The molecule has 0 atom stereocenters. The summed E-state index contributed by atoms with van der Waals surface area (Å²) >= 11 is 12.1. The van der Waals surface area contributed by atoms with Gasteiger partial charge in [0.2, 0.25) is 0 Å². The Morgan fingerprint density at radius 3 is 2.64 bits per heavy atom. The molecule has 25 heavy (non-hydrogen) atoms. The summed E-state index contributed by atoms with van der Waals surface area (Å²) in [5.41, 5.74) is 7.98. The van der Waals surface area contributed by atoms with E-state index < -0.39 is 5.91 Å². The Balaban J connectivity index is 1.55. The van der Waals surface area contributed by atoms with Crippen molar-refractivity contribution >= 4 is 29.1 Å². The number of piperidine rings is 1. The largest absolute Gasteiger partial charge is 0.365 e. The summed E-state index contributed by atoms with van der Waals surface area (Å²) in [5.74, 6) is 0.123. The van der Waals surface area contributed by atoms with E-state index in [0.717, 1.165) is 44.6 Å². The fourth-order valence-corrected chi connectivity index (χ4v) is 3.73. The second-order valence-electron chi connectivity index (χ2n) is 6.70. The molecule has 1 aromatic heterocycles. The molecule has 0 aliphatic carbocycles. The molecule has 2 N–H and O–H groups in total. The van der Waals surface area contributed by atoms with Crippen LogP contribution >= 0.6 is 23.2 Å².